The molecule has 0 heterocycles. The molecule has 1 aromatic carbocycles. The van der Waals surface area contributed by atoms with Crippen LogP contribution in [0.1, 0.15) is 10.4 Å². The number of nitrogens with two attached hydrogens (primary N) is 1. The molecule has 0 fully saturated rings. The van der Waals surface area contributed by atoms with Crippen molar-refractivity contribution in [1.29, 1.82) is 0 Å². The predicted octanol–water partition coefficient (Wildman–Crippen LogP) is 2.63. The highest BCUT2D eigenvalue weighted by Gasteiger charge is 2.50. The van der Waals surface area contributed by atoms with E-state index in [-0.39, 0.29) is 12.1 Å². The summed E-state index contributed by atoms with van der Waals surface area (Å²) in [5.74, 6) is -1.14. The topological polar surface area (TPSA) is 61.6 Å². The van der Waals surface area contributed by atoms with Crippen LogP contribution in [0.15, 0.2) is 24.3 Å². The minimum absolute atomic E-state index is 0.0801. The Bertz CT molecular complexity index is 488. The van der Waals surface area contributed by atoms with Gasteiger partial charge in [-0.25, -0.2) is 9.13 Å². The van der Waals surface area contributed by atoms with Crippen LogP contribution in [0.25, 0.3) is 0 Å². The van der Waals surface area contributed by atoms with Gasteiger partial charge in [0, 0.05) is 5.56 Å². The lowest BCUT2D eigenvalue weighted by Gasteiger charge is -2.22. The van der Waals surface area contributed by atoms with Crippen molar-refractivity contribution >= 4 is 5.78 Å². The molecule has 0 aromatic heterocycles. The molecule has 0 radical (unpaired) electrons. The monoisotopic (exact) mass is 317 g/mol. The summed E-state index contributed by atoms with van der Waals surface area (Å²) in [6, 6.07) is 3.82. The van der Waals surface area contributed by atoms with E-state index in [1.54, 1.807) is 0 Å². The summed E-state index contributed by atoms with van der Waals surface area (Å²) in [5, 5.41) is 0. The zero-order valence-electron chi connectivity index (χ0n) is 10.2. The van der Waals surface area contributed by atoms with Crippen molar-refractivity contribution in [1.82, 2.24) is 0 Å². The van der Waals surface area contributed by atoms with E-state index in [0.29, 0.717) is 0 Å². The van der Waals surface area contributed by atoms with Gasteiger partial charge in [0.1, 0.15) is 5.75 Å². The third kappa shape index (κ3) is 5.23. The third-order valence-electron chi connectivity index (χ3n) is 2.12. The maximum absolute atomic E-state index is 13.0. The lowest BCUT2D eigenvalue weighted by atomic mass is 10.1. The number of benzene rings is 1. The first kappa shape index (κ1) is 17.2. The smallest absolute Gasteiger partial charge is 0.429 e. The molecule has 4 nitrogen and oxygen atoms in total. The third-order valence-corrected chi connectivity index (χ3v) is 2.12. The quantitative estimate of drug-likeness (QED) is 0.647. The van der Waals surface area contributed by atoms with Crippen molar-refractivity contribution in [2.24, 2.45) is 5.73 Å². The highest BCUT2D eigenvalue weighted by atomic mass is 19.4. The molecule has 1 atom stereocenters. The zero-order chi connectivity index (χ0) is 16.3. The molecule has 21 heavy (non-hydrogen) atoms. The van der Waals surface area contributed by atoms with Gasteiger partial charge in [-0.2, -0.15) is 8.78 Å². The molecule has 0 saturated heterocycles. The second-order valence-electron chi connectivity index (χ2n) is 3.70. The predicted molar refractivity (Wildman–Crippen MR) is 57.4 cm³/mol. The number of carbonyl (C=O) groups is 1. The Kier molecular flexibility index (Phi) is 5.18. The van der Waals surface area contributed by atoms with Crippen molar-refractivity contribution in [3.8, 4) is 5.75 Å². The van der Waals surface area contributed by atoms with E-state index in [1.807, 2.05) is 0 Å². The van der Waals surface area contributed by atoms with E-state index in [9.17, 15) is 31.1 Å². The molecule has 0 aliphatic rings. The summed E-state index contributed by atoms with van der Waals surface area (Å²) < 4.78 is 80.1. The van der Waals surface area contributed by atoms with Gasteiger partial charge in [0.25, 0.3) is 0 Å². The van der Waals surface area contributed by atoms with Crippen LogP contribution in [0.5, 0.6) is 5.75 Å². The van der Waals surface area contributed by atoms with Gasteiger partial charge in [0.05, 0.1) is 6.54 Å². The first-order valence-electron chi connectivity index (χ1n) is 5.34. The molecule has 10 heteroatoms. The van der Waals surface area contributed by atoms with Crippen molar-refractivity contribution in [2.75, 3.05) is 6.54 Å². The van der Waals surface area contributed by atoms with Crippen molar-refractivity contribution in [3.63, 3.8) is 0 Å². The van der Waals surface area contributed by atoms with E-state index in [1.165, 1.54) is 0 Å². The van der Waals surface area contributed by atoms with E-state index in [4.69, 9.17) is 5.73 Å². The Balaban J connectivity index is 2.77. The number of ketones is 1. The second kappa shape index (κ2) is 6.31. The van der Waals surface area contributed by atoms with Crippen LogP contribution in [0.2, 0.25) is 0 Å². The summed E-state index contributed by atoms with van der Waals surface area (Å²) in [6.07, 6.45) is -14.5. The average molecular weight is 317 g/mol. The van der Waals surface area contributed by atoms with E-state index < -0.39 is 30.4 Å². The summed E-state index contributed by atoms with van der Waals surface area (Å²) in [5.41, 5.74) is 5.15. The Morgan fingerprint density at radius 3 is 2.10 bits per heavy atom. The van der Waals surface area contributed by atoms with Gasteiger partial charge in [0.15, 0.2) is 5.78 Å². The molecule has 0 aliphatic heterocycles. The molecule has 0 unspecified atom stereocenters. The largest absolute Gasteiger partial charge is 0.525 e. The number of Topliss-reactive ketones (excluding diaryl/α,β-unsaturated/α-hetero) is 1. The Morgan fingerprint density at radius 2 is 1.67 bits per heavy atom. The number of hydrogen-bond donors (Lipinski definition) is 1. The van der Waals surface area contributed by atoms with Gasteiger partial charge >= 0.3 is 18.8 Å². The Labute approximate surface area is 114 Å². The number of hydrogen-bond acceptors (Lipinski definition) is 4. The lowest BCUT2D eigenvalue weighted by molar-refractivity contribution is -0.411. The summed E-state index contributed by atoms with van der Waals surface area (Å²) in [7, 11) is 0. The SMILES string of the molecule is NCC(=O)c1ccc(OC(F)(F)[C@@H](F)OC(F)(F)F)cc1. The standard InChI is InChI=1S/C11H9F6NO3/c12-9(21-11(15,16)17)10(13,14)20-7-3-1-6(2-4-7)8(19)5-18/h1-4,9H,5,18H2/t9-/m0/s1. The highest BCUT2D eigenvalue weighted by Crippen LogP contribution is 2.31. The van der Waals surface area contributed by atoms with Gasteiger partial charge in [0.2, 0.25) is 0 Å². The van der Waals surface area contributed by atoms with Crippen LogP contribution >= 0.6 is 0 Å². The summed E-state index contributed by atoms with van der Waals surface area (Å²) >= 11 is 0. The number of ether oxygens (including phenoxy) is 2. The number of rotatable bonds is 6. The molecule has 0 spiro atoms. The Hall–Kier alpha value is -1.81. The second-order valence-corrected chi connectivity index (χ2v) is 3.70. The Morgan fingerprint density at radius 1 is 1.14 bits per heavy atom. The van der Waals surface area contributed by atoms with Gasteiger partial charge in [-0.3, -0.25) is 4.79 Å². The first-order valence-corrected chi connectivity index (χ1v) is 5.34. The van der Waals surface area contributed by atoms with Crippen molar-refractivity contribution < 1.29 is 40.6 Å². The fourth-order valence-corrected chi connectivity index (χ4v) is 1.22. The molecule has 0 bridgehead atoms. The van der Waals surface area contributed by atoms with Crippen LogP contribution in [0.4, 0.5) is 26.3 Å². The minimum atomic E-state index is -5.58. The van der Waals surface area contributed by atoms with Crippen LogP contribution in [-0.2, 0) is 4.74 Å². The molecule has 1 aromatic rings. The van der Waals surface area contributed by atoms with E-state index in [2.05, 4.69) is 9.47 Å². The van der Waals surface area contributed by atoms with E-state index in [0.717, 1.165) is 24.3 Å². The first-order chi connectivity index (χ1) is 9.55. The maximum atomic E-state index is 13.0. The minimum Gasteiger partial charge on any atom is -0.429 e. The molecule has 0 saturated carbocycles. The molecule has 118 valence electrons. The van der Waals surface area contributed by atoms with Crippen LogP contribution in [0.3, 0.4) is 0 Å². The molecular weight excluding hydrogens is 308 g/mol. The number of halogens is 6. The van der Waals surface area contributed by atoms with Gasteiger partial charge in [-0.15, -0.1) is 13.2 Å². The summed E-state index contributed by atoms with van der Waals surface area (Å²) in [6.45, 7) is -0.317. The molecule has 1 rings (SSSR count). The lowest BCUT2D eigenvalue weighted by Crippen LogP contribution is -2.41. The molecule has 2 N–H and O–H groups in total. The molecule has 0 aliphatic carbocycles. The van der Waals surface area contributed by atoms with Crippen molar-refractivity contribution in [3.05, 3.63) is 29.8 Å². The highest BCUT2D eigenvalue weighted by molar-refractivity contribution is 5.97. The number of carbonyl (C=O) groups excluding carboxylic acids is 1. The van der Waals surface area contributed by atoms with E-state index >= 15 is 0 Å². The van der Waals surface area contributed by atoms with Crippen LogP contribution in [0, 0.1) is 0 Å². The van der Waals surface area contributed by atoms with Crippen molar-refractivity contribution in [2.45, 2.75) is 18.8 Å². The zero-order valence-corrected chi connectivity index (χ0v) is 10.2. The molecular formula is C11H9F6NO3. The van der Waals surface area contributed by atoms with Gasteiger partial charge < -0.3 is 10.5 Å². The van der Waals surface area contributed by atoms with Crippen LogP contribution in [-0.4, -0.2) is 31.2 Å². The van der Waals surface area contributed by atoms with Gasteiger partial charge in [-0.1, -0.05) is 0 Å². The fourth-order valence-electron chi connectivity index (χ4n) is 1.22. The maximum Gasteiger partial charge on any atom is 0.525 e. The summed E-state index contributed by atoms with van der Waals surface area (Å²) in [4.78, 5) is 11.2. The molecule has 0 amide bonds. The normalized spacial score (nSPS) is 13.9. The van der Waals surface area contributed by atoms with Gasteiger partial charge in [-0.05, 0) is 24.3 Å². The number of alkyl halides is 6. The van der Waals surface area contributed by atoms with Crippen LogP contribution < -0.4 is 10.5 Å². The fraction of sp³-hybridized carbons (Fsp3) is 0.364. The average Bonchev–Trinajstić information content (AvgIpc) is 2.36.